The lowest BCUT2D eigenvalue weighted by molar-refractivity contribution is 0.239. The zero-order valence-corrected chi connectivity index (χ0v) is 15.5. The molecule has 3 aliphatic rings. The molecule has 0 aliphatic heterocycles. The second kappa shape index (κ2) is 8.38. The number of hydrogen-bond acceptors (Lipinski definition) is 2. The maximum atomic E-state index is 6.94. The summed E-state index contributed by atoms with van der Waals surface area (Å²) in [6.07, 6.45) is 24.8. The second-order valence-electron chi connectivity index (χ2n) is 8.18. The van der Waals surface area contributed by atoms with Crippen LogP contribution in [0.2, 0.25) is 0 Å². The molecule has 2 heteroatoms. The highest BCUT2D eigenvalue weighted by molar-refractivity contribution is 5.42. The van der Waals surface area contributed by atoms with Crippen molar-refractivity contribution < 1.29 is 0 Å². The predicted octanol–water partition coefficient (Wildman–Crippen LogP) is 5.37. The van der Waals surface area contributed by atoms with Crippen LogP contribution in [0.15, 0.2) is 35.6 Å². The van der Waals surface area contributed by atoms with Gasteiger partial charge in [0.05, 0.1) is 0 Å². The number of hydrogen-bond donors (Lipinski definition) is 2. The third-order valence-corrected chi connectivity index (χ3v) is 6.29. The highest BCUT2D eigenvalue weighted by atomic mass is 14.9. The van der Waals surface area contributed by atoms with Crippen molar-refractivity contribution in [3.05, 3.63) is 35.6 Å². The molecule has 0 amide bonds. The first-order chi connectivity index (χ1) is 11.7. The van der Waals surface area contributed by atoms with Crippen molar-refractivity contribution in [3.63, 3.8) is 0 Å². The third-order valence-electron chi connectivity index (χ3n) is 6.29. The summed E-state index contributed by atoms with van der Waals surface area (Å²) < 4.78 is 0. The molecule has 24 heavy (non-hydrogen) atoms. The Morgan fingerprint density at radius 3 is 2.42 bits per heavy atom. The monoisotopic (exact) mass is 328 g/mol. The molecule has 0 bridgehead atoms. The molecule has 0 heterocycles. The Hall–Kier alpha value is -1.02. The van der Waals surface area contributed by atoms with Crippen LogP contribution in [0.1, 0.15) is 84.0 Å². The third kappa shape index (κ3) is 4.33. The van der Waals surface area contributed by atoms with Crippen LogP contribution < -0.4 is 11.1 Å². The Morgan fingerprint density at radius 1 is 1.08 bits per heavy atom. The van der Waals surface area contributed by atoms with Gasteiger partial charge in [-0.15, -0.1) is 0 Å². The van der Waals surface area contributed by atoms with Gasteiger partial charge in [0.15, 0.2) is 0 Å². The van der Waals surface area contributed by atoms with Crippen LogP contribution in [-0.2, 0) is 0 Å². The smallest absolute Gasteiger partial charge is 0.0426 e. The van der Waals surface area contributed by atoms with E-state index >= 15 is 0 Å². The summed E-state index contributed by atoms with van der Waals surface area (Å²) >= 11 is 0. The minimum absolute atomic E-state index is 0.138. The van der Waals surface area contributed by atoms with Crippen LogP contribution in [0.5, 0.6) is 0 Å². The summed E-state index contributed by atoms with van der Waals surface area (Å²) in [6.45, 7) is 2.20. The van der Waals surface area contributed by atoms with E-state index in [1.807, 2.05) is 0 Å². The average Bonchev–Trinajstić information content (AvgIpc) is 2.63. The quantitative estimate of drug-likeness (QED) is 0.712. The van der Waals surface area contributed by atoms with Crippen molar-refractivity contribution in [2.24, 2.45) is 11.7 Å². The Labute approximate surface area is 148 Å². The second-order valence-corrected chi connectivity index (χ2v) is 8.18. The van der Waals surface area contributed by atoms with Gasteiger partial charge in [-0.3, -0.25) is 0 Å². The van der Waals surface area contributed by atoms with Gasteiger partial charge in [-0.25, -0.2) is 0 Å². The van der Waals surface area contributed by atoms with Gasteiger partial charge in [0.1, 0.15) is 0 Å². The molecule has 1 atom stereocenters. The molecular formula is C22H36N2. The Kier molecular flexibility index (Phi) is 6.21. The Morgan fingerprint density at radius 2 is 1.75 bits per heavy atom. The van der Waals surface area contributed by atoms with Gasteiger partial charge in [0, 0.05) is 23.7 Å². The SMILES string of the molecule is CCC=CC1=C(NC2CCCCC2)CC(N)(C2CCCCC2)C=C1. The fraction of sp³-hybridized carbons (Fsp3) is 0.727. The molecule has 3 N–H and O–H groups in total. The van der Waals surface area contributed by atoms with E-state index in [0.717, 1.165) is 12.8 Å². The minimum Gasteiger partial charge on any atom is -0.385 e. The van der Waals surface area contributed by atoms with Crippen LogP contribution in [-0.4, -0.2) is 11.6 Å². The minimum atomic E-state index is -0.138. The van der Waals surface area contributed by atoms with Gasteiger partial charge in [-0.2, -0.15) is 0 Å². The molecule has 3 rings (SSSR count). The summed E-state index contributed by atoms with van der Waals surface area (Å²) in [7, 11) is 0. The molecule has 2 fully saturated rings. The zero-order chi connectivity index (χ0) is 16.8. The lowest BCUT2D eigenvalue weighted by Crippen LogP contribution is -2.49. The van der Waals surface area contributed by atoms with Crippen LogP contribution >= 0.6 is 0 Å². The molecule has 0 aromatic carbocycles. The normalized spacial score (nSPS) is 30.2. The zero-order valence-electron chi connectivity index (χ0n) is 15.5. The predicted molar refractivity (Wildman–Crippen MR) is 104 cm³/mol. The molecule has 0 aromatic heterocycles. The summed E-state index contributed by atoms with van der Waals surface area (Å²) in [5.41, 5.74) is 9.56. The number of allylic oxidation sites excluding steroid dienone is 4. The van der Waals surface area contributed by atoms with Gasteiger partial charge in [-0.1, -0.05) is 69.8 Å². The van der Waals surface area contributed by atoms with Crippen molar-refractivity contribution in [2.45, 2.75) is 95.6 Å². The van der Waals surface area contributed by atoms with E-state index in [4.69, 9.17) is 5.73 Å². The summed E-state index contributed by atoms with van der Waals surface area (Å²) in [5, 5.41) is 3.91. The van der Waals surface area contributed by atoms with Gasteiger partial charge in [-0.05, 0) is 43.6 Å². The first kappa shape index (κ1) is 17.8. The van der Waals surface area contributed by atoms with E-state index in [1.54, 1.807) is 0 Å². The van der Waals surface area contributed by atoms with Gasteiger partial charge >= 0.3 is 0 Å². The standard InChI is InChI=1S/C22H36N2/c1-2-3-10-18-15-16-22(23,19-11-6-4-7-12-19)17-21(18)24-20-13-8-5-9-14-20/h3,10,15-16,19-20,24H,2,4-9,11-14,17,23H2,1H3. The number of rotatable bonds is 5. The van der Waals surface area contributed by atoms with E-state index in [0.29, 0.717) is 12.0 Å². The van der Waals surface area contributed by atoms with E-state index in [-0.39, 0.29) is 5.54 Å². The topological polar surface area (TPSA) is 38.0 Å². The fourth-order valence-corrected chi connectivity index (χ4v) is 4.76. The summed E-state index contributed by atoms with van der Waals surface area (Å²) in [5.74, 6) is 0.655. The molecule has 1 unspecified atom stereocenters. The van der Waals surface area contributed by atoms with Crippen molar-refractivity contribution >= 4 is 0 Å². The number of nitrogens with one attached hydrogen (secondary N) is 1. The van der Waals surface area contributed by atoms with Gasteiger partial charge in [0.2, 0.25) is 0 Å². The van der Waals surface area contributed by atoms with Crippen molar-refractivity contribution in [3.8, 4) is 0 Å². The molecule has 0 spiro atoms. The maximum absolute atomic E-state index is 6.94. The number of nitrogens with two attached hydrogens (primary N) is 1. The van der Waals surface area contributed by atoms with E-state index in [9.17, 15) is 0 Å². The Bertz CT molecular complexity index is 490. The lowest BCUT2D eigenvalue weighted by Gasteiger charge is -2.41. The summed E-state index contributed by atoms with van der Waals surface area (Å²) in [4.78, 5) is 0. The first-order valence-corrected chi connectivity index (χ1v) is 10.4. The Balaban J connectivity index is 1.76. The van der Waals surface area contributed by atoms with E-state index in [2.05, 4.69) is 36.5 Å². The van der Waals surface area contributed by atoms with Crippen LogP contribution in [0.25, 0.3) is 0 Å². The molecule has 0 aromatic rings. The fourth-order valence-electron chi connectivity index (χ4n) is 4.76. The van der Waals surface area contributed by atoms with Crippen LogP contribution in [0.3, 0.4) is 0 Å². The molecule has 0 radical (unpaired) electrons. The average molecular weight is 329 g/mol. The van der Waals surface area contributed by atoms with Crippen LogP contribution in [0, 0.1) is 5.92 Å². The molecule has 2 nitrogen and oxygen atoms in total. The van der Waals surface area contributed by atoms with E-state index < -0.39 is 0 Å². The van der Waals surface area contributed by atoms with E-state index in [1.165, 1.54) is 75.5 Å². The summed E-state index contributed by atoms with van der Waals surface area (Å²) in [6, 6.07) is 0.654. The first-order valence-electron chi connectivity index (χ1n) is 10.4. The van der Waals surface area contributed by atoms with Gasteiger partial charge in [0.25, 0.3) is 0 Å². The molecular weight excluding hydrogens is 292 g/mol. The molecule has 0 saturated heterocycles. The maximum Gasteiger partial charge on any atom is 0.0426 e. The van der Waals surface area contributed by atoms with Gasteiger partial charge < -0.3 is 11.1 Å². The highest BCUT2D eigenvalue weighted by Gasteiger charge is 2.36. The molecule has 2 saturated carbocycles. The largest absolute Gasteiger partial charge is 0.385 e. The van der Waals surface area contributed by atoms with Crippen molar-refractivity contribution in [1.82, 2.24) is 5.32 Å². The highest BCUT2D eigenvalue weighted by Crippen LogP contribution is 2.38. The molecule has 134 valence electrons. The van der Waals surface area contributed by atoms with Crippen LogP contribution in [0.4, 0.5) is 0 Å². The van der Waals surface area contributed by atoms with Crippen molar-refractivity contribution in [1.29, 1.82) is 0 Å². The lowest BCUT2D eigenvalue weighted by atomic mass is 9.70. The van der Waals surface area contributed by atoms with Crippen molar-refractivity contribution in [2.75, 3.05) is 0 Å². The molecule has 3 aliphatic carbocycles.